The second-order valence-corrected chi connectivity index (χ2v) is 5.59. The van der Waals surface area contributed by atoms with Crippen LogP contribution < -0.4 is 0 Å². The number of hydrogen-bond donors (Lipinski definition) is 0. The van der Waals surface area contributed by atoms with Crippen molar-refractivity contribution in [2.24, 2.45) is 5.92 Å². The van der Waals surface area contributed by atoms with Crippen molar-refractivity contribution in [1.82, 2.24) is 0 Å². The van der Waals surface area contributed by atoms with Crippen molar-refractivity contribution in [3.8, 4) is 0 Å². The summed E-state index contributed by atoms with van der Waals surface area (Å²) >= 11 is 0. The molecule has 1 fully saturated rings. The topological polar surface area (TPSA) is 38.8 Å². The lowest BCUT2D eigenvalue weighted by atomic mass is 9.72. The second kappa shape index (κ2) is 4.71. The van der Waals surface area contributed by atoms with E-state index in [4.69, 9.17) is 9.47 Å². The van der Waals surface area contributed by atoms with Gasteiger partial charge < -0.3 is 9.47 Å². The van der Waals surface area contributed by atoms with Crippen molar-refractivity contribution >= 4 is 5.97 Å². The van der Waals surface area contributed by atoms with Gasteiger partial charge >= 0.3 is 5.97 Å². The minimum Gasteiger partial charge on any atom is -0.469 e. The van der Waals surface area contributed by atoms with Crippen LogP contribution in [0.25, 0.3) is 0 Å². The zero-order valence-electron chi connectivity index (χ0n) is 11.7. The summed E-state index contributed by atoms with van der Waals surface area (Å²) in [6.45, 7) is 0. The Kier molecular flexibility index (Phi) is 2.82. The van der Waals surface area contributed by atoms with Gasteiger partial charge in [0.15, 0.2) is 0 Å². The smallest absolute Gasteiger partial charge is 0.312 e. The summed E-state index contributed by atoms with van der Waals surface area (Å²) in [6.07, 6.45) is -0.0113. The minimum atomic E-state index is -0.266. The van der Waals surface area contributed by atoms with Crippen molar-refractivity contribution < 1.29 is 14.3 Å². The van der Waals surface area contributed by atoms with Gasteiger partial charge in [-0.1, -0.05) is 54.6 Å². The van der Waals surface area contributed by atoms with Crippen LogP contribution in [0.15, 0.2) is 54.6 Å². The molecule has 4 rings (SSSR count). The van der Waals surface area contributed by atoms with Gasteiger partial charge in [0.1, 0.15) is 12.2 Å². The molecule has 1 aliphatic carbocycles. The van der Waals surface area contributed by atoms with E-state index >= 15 is 0 Å². The fourth-order valence-corrected chi connectivity index (χ4v) is 3.54. The van der Waals surface area contributed by atoms with Gasteiger partial charge in [-0.3, -0.25) is 4.79 Å². The molecule has 0 radical (unpaired) electrons. The van der Waals surface area contributed by atoms with E-state index in [0.29, 0.717) is 0 Å². The van der Waals surface area contributed by atoms with Crippen LogP contribution in [0.1, 0.15) is 28.7 Å². The number of esters is 1. The molecule has 2 aliphatic rings. The Morgan fingerprint density at radius 2 is 1.67 bits per heavy atom. The molecule has 0 bridgehead atoms. The Morgan fingerprint density at radius 3 is 2.38 bits per heavy atom. The highest BCUT2D eigenvalue weighted by atomic mass is 16.6. The monoisotopic (exact) mass is 280 g/mol. The summed E-state index contributed by atoms with van der Waals surface area (Å²) < 4.78 is 10.8. The van der Waals surface area contributed by atoms with Gasteiger partial charge in [-0.2, -0.15) is 0 Å². The van der Waals surface area contributed by atoms with Crippen molar-refractivity contribution in [3.05, 3.63) is 71.3 Å². The quantitative estimate of drug-likeness (QED) is 0.627. The molecule has 0 unspecified atom stereocenters. The van der Waals surface area contributed by atoms with E-state index in [-0.39, 0.29) is 30.0 Å². The second-order valence-electron chi connectivity index (χ2n) is 5.59. The van der Waals surface area contributed by atoms with Crippen LogP contribution in [0.5, 0.6) is 0 Å². The molecule has 2 aromatic carbocycles. The maximum atomic E-state index is 12.3. The minimum absolute atomic E-state index is 0.00130. The van der Waals surface area contributed by atoms with Crippen LogP contribution >= 0.6 is 0 Å². The van der Waals surface area contributed by atoms with Crippen LogP contribution in [0.2, 0.25) is 0 Å². The van der Waals surface area contributed by atoms with Crippen molar-refractivity contribution in [1.29, 1.82) is 0 Å². The maximum Gasteiger partial charge on any atom is 0.312 e. The standard InChI is InChI=1S/C18H16O3/c1-20-18(19)15-14(11-7-3-2-4-8-11)12-9-5-6-10-13(12)16-17(15)21-16/h2-10,14-17H,1H3/t14-,15+,16-,17+/m0/s1. The first-order valence-electron chi connectivity index (χ1n) is 7.18. The first kappa shape index (κ1) is 12.6. The van der Waals surface area contributed by atoms with Gasteiger partial charge in [-0.15, -0.1) is 0 Å². The van der Waals surface area contributed by atoms with E-state index < -0.39 is 0 Å². The molecule has 1 saturated heterocycles. The van der Waals surface area contributed by atoms with E-state index in [0.717, 1.165) is 5.56 Å². The molecule has 0 saturated carbocycles. The Balaban J connectivity index is 1.88. The lowest BCUT2D eigenvalue weighted by Gasteiger charge is -2.29. The van der Waals surface area contributed by atoms with Crippen molar-refractivity contribution in [2.45, 2.75) is 18.1 Å². The Morgan fingerprint density at radius 1 is 1.00 bits per heavy atom. The molecule has 2 aromatic rings. The molecule has 0 spiro atoms. The van der Waals surface area contributed by atoms with Gasteiger partial charge in [0.05, 0.1) is 13.0 Å². The zero-order valence-corrected chi connectivity index (χ0v) is 11.7. The van der Waals surface area contributed by atoms with Crippen LogP contribution in [0.3, 0.4) is 0 Å². The number of carbonyl (C=O) groups excluding carboxylic acids is 1. The van der Waals surface area contributed by atoms with Gasteiger partial charge in [0.25, 0.3) is 0 Å². The zero-order chi connectivity index (χ0) is 14.4. The summed E-state index contributed by atoms with van der Waals surface area (Å²) in [4.78, 5) is 12.3. The third kappa shape index (κ3) is 1.88. The summed E-state index contributed by atoms with van der Waals surface area (Å²) in [5, 5.41) is 0. The fraction of sp³-hybridized carbons (Fsp3) is 0.278. The first-order chi connectivity index (χ1) is 10.3. The molecule has 0 aromatic heterocycles. The summed E-state index contributed by atoms with van der Waals surface area (Å²) in [5.41, 5.74) is 3.52. The molecule has 21 heavy (non-hydrogen) atoms. The van der Waals surface area contributed by atoms with E-state index in [1.54, 1.807) is 0 Å². The SMILES string of the molecule is COC(=O)[C@@H]1[C@@H](c2ccccc2)c2ccccc2[C@@H]2O[C@H]12. The average molecular weight is 280 g/mol. The van der Waals surface area contributed by atoms with E-state index in [2.05, 4.69) is 24.3 Å². The number of hydrogen-bond acceptors (Lipinski definition) is 3. The summed E-state index contributed by atoms with van der Waals surface area (Å²) in [6, 6.07) is 18.4. The average Bonchev–Trinajstić information content (AvgIpc) is 3.34. The highest BCUT2D eigenvalue weighted by molar-refractivity contribution is 5.77. The molecule has 1 aliphatic heterocycles. The van der Waals surface area contributed by atoms with Crippen LogP contribution in [0.4, 0.5) is 0 Å². The van der Waals surface area contributed by atoms with Crippen LogP contribution in [0, 0.1) is 5.92 Å². The molecule has 3 heteroatoms. The number of carbonyl (C=O) groups is 1. The number of epoxide rings is 1. The third-order valence-corrected chi connectivity index (χ3v) is 4.51. The Bertz CT molecular complexity index is 680. The molecule has 4 atom stereocenters. The number of rotatable bonds is 2. The van der Waals surface area contributed by atoms with Crippen LogP contribution in [-0.2, 0) is 14.3 Å². The van der Waals surface area contributed by atoms with Crippen molar-refractivity contribution in [2.75, 3.05) is 7.11 Å². The maximum absolute atomic E-state index is 12.3. The summed E-state index contributed by atoms with van der Waals surface area (Å²) in [7, 11) is 1.45. The van der Waals surface area contributed by atoms with E-state index in [1.807, 2.05) is 30.3 Å². The molecule has 0 amide bonds. The van der Waals surface area contributed by atoms with Gasteiger partial charge in [0, 0.05) is 5.92 Å². The Labute approximate surface area is 123 Å². The fourth-order valence-electron chi connectivity index (χ4n) is 3.54. The van der Waals surface area contributed by atoms with Crippen LogP contribution in [-0.4, -0.2) is 19.2 Å². The Hall–Kier alpha value is -2.13. The number of fused-ring (bicyclic) bond motifs is 3. The number of benzene rings is 2. The highest BCUT2D eigenvalue weighted by Gasteiger charge is 2.57. The van der Waals surface area contributed by atoms with E-state index in [1.165, 1.54) is 18.2 Å². The third-order valence-electron chi connectivity index (χ3n) is 4.51. The highest BCUT2D eigenvalue weighted by Crippen LogP contribution is 2.56. The van der Waals surface area contributed by atoms with E-state index in [9.17, 15) is 4.79 Å². The largest absolute Gasteiger partial charge is 0.469 e. The molecule has 1 heterocycles. The van der Waals surface area contributed by atoms with Gasteiger partial charge in [-0.25, -0.2) is 0 Å². The molecular formula is C18H16O3. The van der Waals surface area contributed by atoms with Gasteiger partial charge in [-0.05, 0) is 16.7 Å². The van der Waals surface area contributed by atoms with Gasteiger partial charge in [0.2, 0.25) is 0 Å². The number of methoxy groups -OCH3 is 1. The molecular weight excluding hydrogens is 264 g/mol. The summed E-state index contributed by atoms with van der Waals surface area (Å²) in [5.74, 6) is -0.457. The number of ether oxygens (including phenoxy) is 2. The first-order valence-corrected chi connectivity index (χ1v) is 7.18. The lowest BCUT2D eigenvalue weighted by Crippen LogP contribution is -2.32. The normalized spacial score (nSPS) is 29.2. The molecule has 106 valence electrons. The lowest BCUT2D eigenvalue weighted by molar-refractivity contribution is -0.146. The van der Waals surface area contributed by atoms with Crippen molar-refractivity contribution in [3.63, 3.8) is 0 Å². The predicted octanol–water partition coefficient (Wildman–Crippen LogP) is 3.06. The molecule has 3 nitrogen and oxygen atoms in total. The molecule has 0 N–H and O–H groups in total. The predicted molar refractivity (Wildman–Crippen MR) is 77.8 cm³/mol.